The number of ether oxygens (including phenoxy) is 1. The molecule has 1 aromatic heterocycles. The Morgan fingerprint density at radius 1 is 1.11 bits per heavy atom. The molecular weight excluding hydrogens is 354 g/mol. The molecule has 1 aromatic carbocycles. The van der Waals surface area contributed by atoms with Gasteiger partial charge in [0.05, 0.1) is 13.2 Å². The second-order valence-electron chi connectivity index (χ2n) is 7.87. The number of amides is 1. The topological polar surface area (TPSA) is 79.4 Å². The van der Waals surface area contributed by atoms with Crippen LogP contribution in [0.15, 0.2) is 36.7 Å². The third-order valence-corrected chi connectivity index (χ3v) is 4.72. The quantitative estimate of drug-likeness (QED) is 0.746. The van der Waals surface area contributed by atoms with Crippen LogP contribution in [0.25, 0.3) is 0 Å². The van der Waals surface area contributed by atoms with E-state index >= 15 is 0 Å². The summed E-state index contributed by atoms with van der Waals surface area (Å²) in [7, 11) is 0. The van der Waals surface area contributed by atoms with Crippen LogP contribution in [-0.4, -0.2) is 55.3 Å². The molecule has 0 atom stereocenters. The number of rotatable bonds is 6. The van der Waals surface area contributed by atoms with Gasteiger partial charge in [-0.25, -0.2) is 9.97 Å². The smallest absolute Gasteiger partial charge is 0.251 e. The van der Waals surface area contributed by atoms with Crippen molar-refractivity contribution in [2.24, 2.45) is 0 Å². The van der Waals surface area contributed by atoms with Gasteiger partial charge in [-0.3, -0.25) is 4.79 Å². The van der Waals surface area contributed by atoms with E-state index in [0.717, 1.165) is 37.9 Å². The normalized spacial score (nSPS) is 14.6. The summed E-state index contributed by atoms with van der Waals surface area (Å²) in [6, 6.07) is 9.71. The minimum Gasteiger partial charge on any atom is -0.378 e. The van der Waals surface area contributed by atoms with E-state index in [1.807, 2.05) is 30.3 Å². The van der Waals surface area contributed by atoms with Gasteiger partial charge in [-0.2, -0.15) is 0 Å². The van der Waals surface area contributed by atoms with E-state index in [2.05, 4.69) is 46.3 Å². The molecule has 1 aliphatic heterocycles. The number of hydrogen-bond acceptors (Lipinski definition) is 6. The predicted molar refractivity (Wildman–Crippen MR) is 111 cm³/mol. The molecule has 0 unspecified atom stereocenters. The number of anilines is 2. The van der Waals surface area contributed by atoms with E-state index in [4.69, 9.17) is 4.74 Å². The molecule has 1 fully saturated rings. The van der Waals surface area contributed by atoms with E-state index in [0.29, 0.717) is 18.7 Å². The third-order valence-electron chi connectivity index (χ3n) is 4.72. The van der Waals surface area contributed by atoms with E-state index in [1.54, 1.807) is 6.33 Å². The summed E-state index contributed by atoms with van der Waals surface area (Å²) >= 11 is 0. The molecule has 150 valence electrons. The Hall–Kier alpha value is -2.67. The fourth-order valence-corrected chi connectivity index (χ4v) is 3.00. The Kier molecular flexibility index (Phi) is 6.46. The number of hydrogen-bond donors (Lipinski definition) is 2. The van der Waals surface area contributed by atoms with Crippen molar-refractivity contribution in [1.29, 1.82) is 0 Å². The lowest BCUT2D eigenvalue weighted by Gasteiger charge is -2.27. The highest BCUT2D eigenvalue weighted by atomic mass is 16.5. The van der Waals surface area contributed by atoms with Gasteiger partial charge in [-0.15, -0.1) is 0 Å². The minimum atomic E-state index is -0.0704. The molecule has 0 spiro atoms. The van der Waals surface area contributed by atoms with Crippen LogP contribution in [0.2, 0.25) is 0 Å². The van der Waals surface area contributed by atoms with Crippen LogP contribution in [0.5, 0.6) is 0 Å². The highest BCUT2D eigenvalue weighted by molar-refractivity contribution is 5.94. The van der Waals surface area contributed by atoms with Crippen LogP contribution in [0.4, 0.5) is 11.6 Å². The standard InChI is InChI=1S/C21H29N5O2/c1-21(2,3)17-6-4-16(5-7-17)20(27)23-9-8-22-18-14-19(25-15-24-18)26-10-12-28-13-11-26/h4-7,14-15H,8-13H2,1-3H3,(H,23,27)(H,22,24,25). The molecule has 3 rings (SSSR count). The average Bonchev–Trinajstić information content (AvgIpc) is 2.71. The number of aromatic nitrogens is 2. The van der Waals surface area contributed by atoms with Gasteiger partial charge in [-0.05, 0) is 23.1 Å². The number of carbonyl (C=O) groups is 1. The zero-order valence-electron chi connectivity index (χ0n) is 16.9. The van der Waals surface area contributed by atoms with E-state index in [1.165, 1.54) is 5.56 Å². The molecule has 7 heteroatoms. The first-order chi connectivity index (χ1) is 13.4. The molecule has 0 aliphatic carbocycles. The summed E-state index contributed by atoms with van der Waals surface area (Å²) in [6.45, 7) is 10.7. The maximum Gasteiger partial charge on any atom is 0.251 e. The average molecular weight is 383 g/mol. The molecule has 1 saturated heterocycles. The summed E-state index contributed by atoms with van der Waals surface area (Å²) in [5.41, 5.74) is 1.96. The largest absolute Gasteiger partial charge is 0.378 e. The summed E-state index contributed by atoms with van der Waals surface area (Å²) in [5, 5.41) is 6.17. The van der Waals surface area contributed by atoms with Crippen LogP contribution in [0.3, 0.4) is 0 Å². The first-order valence-corrected chi connectivity index (χ1v) is 9.71. The number of nitrogens with zero attached hydrogens (tertiary/aromatic N) is 3. The van der Waals surface area contributed by atoms with Gasteiger partial charge in [0.1, 0.15) is 18.0 Å². The fraction of sp³-hybridized carbons (Fsp3) is 0.476. The van der Waals surface area contributed by atoms with Crippen LogP contribution < -0.4 is 15.5 Å². The molecule has 0 bridgehead atoms. The number of nitrogens with one attached hydrogen (secondary N) is 2. The number of benzene rings is 1. The zero-order valence-corrected chi connectivity index (χ0v) is 16.9. The van der Waals surface area contributed by atoms with Crippen molar-refractivity contribution in [1.82, 2.24) is 15.3 Å². The van der Waals surface area contributed by atoms with Crippen LogP contribution in [-0.2, 0) is 10.2 Å². The zero-order chi connectivity index (χ0) is 20.0. The van der Waals surface area contributed by atoms with Gasteiger partial charge in [0, 0.05) is 37.8 Å². The van der Waals surface area contributed by atoms with Crippen molar-refractivity contribution < 1.29 is 9.53 Å². The molecular formula is C21H29N5O2. The van der Waals surface area contributed by atoms with Gasteiger partial charge >= 0.3 is 0 Å². The van der Waals surface area contributed by atoms with Crippen molar-refractivity contribution in [3.63, 3.8) is 0 Å². The molecule has 7 nitrogen and oxygen atoms in total. The molecule has 0 radical (unpaired) electrons. The van der Waals surface area contributed by atoms with Gasteiger partial charge in [0.2, 0.25) is 0 Å². The number of carbonyl (C=O) groups excluding carboxylic acids is 1. The van der Waals surface area contributed by atoms with Gasteiger partial charge in [0.25, 0.3) is 5.91 Å². The lowest BCUT2D eigenvalue weighted by molar-refractivity contribution is 0.0955. The predicted octanol–water partition coefficient (Wildman–Crippen LogP) is 2.45. The molecule has 2 aromatic rings. The van der Waals surface area contributed by atoms with Crippen LogP contribution in [0, 0.1) is 0 Å². The van der Waals surface area contributed by atoms with Gasteiger partial charge in [-0.1, -0.05) is 32.9 Å². The van der Waals surface area contributed by atoms with E-state index in [-0.39, 0.29) is 11.3 Å². The lowest BCUT2D eigenvalue weighted by Crippen LogP contribution is -2.36. The highest BCUT2D eigenvalue weighted by Gasteiger charge is 2.15. The maximum atomic E-state index is 12.3. The Bertz CT molecular complexity index is 780. The molecule has 2 heterocycles. The second kappa shape index (κ2) is 9.01. The lowest BCUT2D eigenvalue weighted by atomic mass is 9.87. The summed E-state index contributed by atoms with van der Waals surface area (Å²) in [6.07, 6.45) is 1.56. The van der Waals surface area contributed by atoms with E-state index in [9.17, 15) is 4.79 Å². The second-order valence-corrected chi connectivity index (χ2v) is 7.87. The SMILES string of the molecule is CC(C)(C)c1ccc(C(=O)NCCNc2cc(N3CCOCC3)ncn2)cc1. The van der Waals surface area contributed by atoms with Crippen LogP contribution >= 0.6 is 0 Å². The fourth-order valence-electron chi connectivity index (χ4n) is 3.00. The molecule has 2 N–H and O–H groups in total. The molecule has 0 saturated carbocycles. The Labute approximate surface area is 166 Å². The Morgan fingerprint density at radius 2 is 1.82 bits per heavy atom. The summed E-state index contributed by atoms with van der Waals surface area (Å²) in [4.78, 5) is 23.1. The van der Waals surface area contributed by atoms with E-state index < -0.39 is 0 Å². The maximum absolute atomic E-state index is 12.3. The number of morpholine rings is 1. The van der Waals surface area contributed by atoms with Crippen molar-refractivity contribution in [2.75, 3.05) is 49.6 Å². The van der Waals surface area contributed by atoms with Crippen molar-refractivity contribution >= 4 is 17.5 Å². The Balaban J connectivity index is 1.46. The molecule has 1 amide bonds. The highest BCUT2D eigenvalue weighted by Crippen LogP contribution is 2.22. The summed E-state index contributed by atoms with van der Waals surface area (Å²) in [5.74, 6) is 1.57. The first-order valence-electron chi connectivity index (χ1n) is 9.71. The van der Waals surface area contributed by atoms with Gasteiger partial charge in [0.15, 0.2) is 0 Å². The van der Waals surface area contributed by atoms with Crippen molar-refractivity contribution in [3.05, 3.63) is 47.8 Å². The molecule has 28 heavy (non-hydrogen) atoms. The van der Waals surface area contributed by atoms with Crippen LogP contribution in [0.1, 0.15) is 36.7 Å². The van der Waals surface area contributed by atoms with Crippen molar-refractivity contribution in [3.8, 4) is 0 Å². The Morgan fingerprint density at radius 3 is 2.50 bits per heavy atom. The summed E-state index contributed by atoms with van der Waals surface area (Å²) < 4.78 is 5.37. The van der Waals surface area contributed by atoms with Crippen molar-refractivity contribution in [2.45, 2.75) is 26.2 Å². The van der Waals surface area contributed by atoms with Gasteiger partial charge < -0.3 is 20.3 Å². The monoisotopic (exact) mass is 383 g/mol. The molecule has 1 aliphatic rings. The minimum absolute atomic E-state index is 0.0704. The third kappa shape index (κ3) is 5.42. The first kappa shape index (κ1) is 20.1.